The van der Waals surface area contributed by atoms with Gasteiger partial charge >= 0.3 is 0 Å². The molecule has 0 bridgehead atoms. The Balaban J connectivity index is 1.72. The quantitative estimate of drug-likeness (QED) is 0.569. The van der Waals surface area contributed by atoms with Crippen LogP contribution in [0.5, 0.6) is 0 Å². The number of fused-ring (bicyclic) bond motifs is 1. The van der Waals surface area contributed by atoms with Gasteiger partial charge in [-0.1, -0.05) is 18.2 Å². The average Bonchev–Trinajstić information content (AvgIpc) is 3.31. The van der Waals surface area contributed by atoms with Crippen molar-refractivity contribution in [3.8, 4) is 5.69 Å². The van der Waals surface area contributed by atoms with Crippen molar-refractivity contribution in [2.75, 3.05) is 5.32 Å². The first kappa shape index (κ1) is 18.0. The van der Waals surface area contributed by atoms with Crippen LogP contribution in [0.25, 0.3) is 16.7 Å². The Hall–Kier alpha value is -3.42. The number of H-pyrrole nitrogens is 1. The van der Waals surface area contributed by atoms with Gasteiger partial charge in [0.1, 0.15) is 5.39 Å². The smallest absolute Gasteiger partial charge is 0.263 e. The maximum atomic E-state index is 12.5. The molecule has 3 aromatic heterocycles. The summed E-state index contributed by atoms with van der Waals surface area (Å²) in [4.78, 5) is 20.0. The van der Waals surface area contributed by atoms with Gasteiger partial charge in [-0.15, -0.1) is 0 Å². The second-order valence-corrected chi connectivity index (χ2v) is 7.75. The lowest BCUT2D eigenvalue weighted by molar-refractivity contribution is 0.366. The Kier molecular flexibility index (Phi) is 4.26. The molecule has 8 nitrogen and oxygen atoms in total. The fourth-order valence-electron chi connectivity index (χ4n) is 3.23. The van der Waals surface area contributed by atoms with E-state index in [2.05, 4.69) is 25.5 Å². The number of nitrogens with zero attached hydrogens (tertiary/aromatic N) is 5. The minimum Gasteiger partial charge on any atom is -0.349 e. The number of nitrogens with one attached hydrogen (secondary N) is 2. The van der Waals surface area contributed by atoms with Crippen molar-refractivity contribution in [2.24, 2.45) is 0 Å². The van der Waals surface area contributed by atoms with Gasteiger partial charge in [-0.25, -0.2) is 9.36 Å². The van der Waals surface area contributed by atoms with E-state index in [9.17, 15) is 4.79 Å². The molecule has 0 aliphatic carbocycles. The zero-order valence-corrected chi connectivity index (χ0v) is 16.3. The molecule has 144 valence electrons. The van der Waals surface area contributed by atoms with E-state index in [1.165, 1.54) is 0 Å². The molecule has 1 atom stereocenters. The first-order valence-electron chi connectivity index (χ1n) is 9.18. The topological polar surface area (TPSA) is 93.4 Å². The monoisotopic (exact) mass is 377 g/mol. The molecule has 0 radical (unpaired) electrons. The number of rotatable bonds is 4. The minimum absolute atomic E-state index is 0.105. The van der Waals surface area contributed by atoms with Crippen LogP contribution in [0.3, 0.4) is 0 Å². The van der Waals surface area contributed by atoms with Crippen LogP contribution in [0.1, 0.15) is 39.3 Å². The Morgan fingerprint density at radius 3 is 2.64 bits per heavy atom. The Morgan fingerprint density at radius 2 is 1.93 bits per heavy atom. The van der Waals surface area contributed by atoms with Crippen LogP contribution >= 0.6 is 0 Å². The van der Waals surface area contributed by atoms with E-state index >= 15 is 0 Å². The molecule has 2 N–H and O–H groups in total. The summed E-state index contributed by atoms with van der Waals surface area (Å²) >= 11 is 0. The fraction of sp³-hybridized carbons (Fsp3) is 0.300. The minimum atomic E-state index is -0.280. The summed E-state index contributed by atoms with van der Waals surface area (Å²) in [5.41, 5.74) is 2.08. The number of hydrogen-bond donors (Lipinski definition) is 2. The number of aromatic nitrogens is 6. The summed E-state index contributed by atoms with van der Waals surface area (Å²) in [6, 6.07) is 9.77. The Morgan fingerprint density at radius 1 is 1.14 bits per heavy atom. The molecule has 28 heavy (non-hydrogen) atoms. The normalized spacial score (nSPS) is 13.0. The SMILES string of the molecule is CC(Nc1nc2c(cnn2C(C)(C)C)c(=O)[nH]1)c1ccccc1-n1cccn1. The molecule has 0 amide bonds. The van der Waals surface area contributed by atoms with Gasteiger partial charge in [0, 0.05) is 12.4 Å². The van der Waals surface area contributed by atoms with Crippen molar-refractivity contribution < 1.29 is 0 Å². The Labute approximate surface area is 162 Å². The molecule has 0 saturated heterocycles. The predicted octanol–water partition coefficient (Wildman–Crippen LogP) is 3.23. The zero-order valence-electron chi connectivity index (χ0n) is 16.3. The lowest BCUT2D eigenvalue weighted by Crippen LogP contribution is -2.24. The van der Waals surface area contributed by atoms with E-state index < -0.39 is 0 Å². The third-order valence-corrected chi connectivity index (χ3v) is 4.58. The maximum absolute atomic E-state index is 12.5. The highest BCUT2D eigenvalue weighted by Crippen LogP contribution is 2.24. The third-order valence-electron chi connectivity index (χ3n) is 4.58. The highest BCUT2D eigenvalue weighted by molar-refractivity contribution is 5.74. The largest absolute Gasteiger partial charge is 0.349 e. The van der Waals surface area contributed by atoms with E-state index in [4.69, 9.17) is 0 Å². The lowest BCUT2D eigenvalue weighted by atomic mass is 10.1. The summed E-state index contributed by atoms with van der Waals surface area (Å²) in [5.74, 6) is 0.409. The summed E-state index contributed by atoms with van der Waals surface area (Å²) < 4.78 is 3.59. The van der Waals surface area contributed by atoms with Crippen molar-refractivity contribution in [2.45, 2.75) is 39.3 Å². The molecule has 4 aromatic rings. The lowest BCUT2D eigenvalue weighted by Gasteiger charge is -2.21. The molecular weight excluding hydrogens is 354 g/mol. The van der Waals surface area contributed by atoms with Crippen molar-refractivity contribution in [3.05, 3.63) is 64.8 Å². The number of benzene rings is 1. The van der Waals surface area contributed by atoms with Crippen LogP contribution in [0, 0.1) is 0 Å². The summed E-state index contributed by atoms with van der Waals surface area (Å²) in [6.07, 6.45) is 5.21. The average molecular weight is 377 g/mol. The third kappa shape index (κ3) is 3.17. The molecule has 0 saturated carbocycles. The first-order valence-corrected chi connectivity index (χ1v) is 9.18. The van der Waals surface area contributed by atoms with E-state index in [-0.39, 0.29) is 17.1 Å². The number of anilines is 1. The van der Waals surface area contributed by atoms with Gasteiger partial charge in [-0.05, 0) is 45.4 Å². The van der Waals surface area contributed by atoms with Crippen LogP contribution in [-0.2, 0) is 5.54 Å². The predicted molar refractivity (Wildman–Crippen MR) is 109 cm³/mol. The molecule has 0 fully saturated rings. The van der Waals surface area contributed by atoms with Gasteiger partial charge in [0.2, 0.25) is 5.95 Å². The standard InChI is InChI=1S/C20H23N7O/c1-13(14-8-5-6-9-16(14)26-11-7-10-21-26)23-19-24-17-15(18(28)25-19)12-22-27(17)20(2,3)4/h5-13H,1-4H3,(H2,23,24,25,28). The van der Waals surface area contributed by atoms with Crippen molar-refractivity contribution in [1.29, 1.82) is 0 Å². The number of aromatic amines is 1. The van der Waals surface area contributed by atoms with Crippen LogP contribution < -0.4 is 10.9 Å². The zero-order chi connectivity index (χ0) is 19.9. The molecule has 1 aromatic carbocycles. The molecule has 0 spiro atoms. The van der Waals surface area contributed by atoms with E-state index in [0.29, 0.717) is 17.0 Å². The molecule has 1 unspecified atom stereocenters. The summed E-state index contributed by atoms with van der Waals surface area (Å²) in [6.45, 7) is 8.10. The van der Waals surface area contributed by atoms with E-state index in [0.717, 1.165) is 11.3 Å². The summed E-state index contributed by atoms with van der Waals surface area (Å²) in [5, 5.41) is 12.5. The second kappa shape index (κ2) is 6.63. The molecule has 0 aliphatic heterocycles. The van der Waals surface area contributed by atoms with Crippen molar-refractivity contribution in [3.63, 3.8) is 0 Å². The van der Waals surface area contributed by atoms with Gasteiger partial charge in [-0.3, -0.25) is 9.78 Å². The van der Waals surface area contributed by atoms with Crippen LogP contribution in [0.15, 0.2) is 53.7 Å². The van der Waals surface area contributed by atoms with Gasteiger partial charge in [0.05, 0.1) is 23.5 Å². The van der Waals surface area contributed by atoms with Crippen LogP contribution in [0.4, 0.5) is 5.95 Å². The van der Waals surface area contributed by atoms with E-state index in [1.54, 1.807) is 17.1 Å². The highest BCUT2D eigenvalue weighted by atomic mass is 16.1. The van der Waals surface area contributed by atoms with Gasteiger partial charge in [0.15, 0.2) is 5.65 Å². The van der Waals surface area contributed by atoms with E-state index in [1.807, 2.05) is 68.9 Å². The van der Waals surface area contributed by atoms with Crippen LogP contribution in [-0.4, -0.2) is 29.5 Å². The number of para-hydroxylation sites is 1. The first-order chi connectivity index (χ1) is 13.3. The molecule has 3 heterocycles. The highest BCUT2D eigenvalue weighted by Gasteiger charge is 2.20. The second-order valence-electron chi connectivity index (χ2n) is 7.75. The molecular formula is C20H23N7O. The van der Waals surface area contributed by atoms with Crippen molar-refractivity contribution in [1.82, 2.24) is 29.5 Å². The van der Waals surface area contributed by atoms with Gasteiger partial charge < -0.3 is 5.32 Å². The number of hydrogen-bond acceptors (Lipinski definition) is 5. The molecule has 0 aliphatic rings. The maximum Gasteiger partial charge on any atom is 0.263 e. The fourth-order valence-corrected chi connectivity index (χ4v) is 3.23. The summed E-state index contributed by atoms with van der Waals surface area (Å²) in [7, 11) is 0. The molecule has 8 heteroatoms. The van der Waals surface area contributed by atoms with Gasteiger partial charge in [0.25, 0.3) is 5.56 Å². The van der Waals surface area contributed by atoms with Crippen LogP contribution in [0.2, 0.25) is 0 Å². The van der Waals surface area contributed by atoms with Crippen molar-refractivity contribution >= 4 is 17.0 Å². The van der Waals surface area contributed by atoms with Gasteiger partial charge in [-0.2, -0.15) is 15.2 Å². The Bertz CT molecular complexity index is 1170. The molecule has 4 rings (SSSR count).